The molecule has 0 bridgehead atoms. The number of rotatable bonds is 0. The van der Waals surface area contributed by atoms with Gasteiger partial charge < -0.3 is 0 Å². The molecule has 0 spiro atoms. The van der Waals surface area contributed by atoms with Crippen molar-refractivity contribution in [2.45, 2.75) is 9.59 Å². The normalized spacial score (nSPS) is 15.2. The molecule has 0 amide bonds. The molecule has 1 unspecified atom stereocenters. The van der Waals surface area contributed by atoms with Crippen molar-refractivity contribution in [3.63, 3.8) is 0 Å². The molecule has 1 saturated heterocycles. The molecule has 0 aromatic carbocycles. The van der Waals surface area contributed by atoms with Crippen LogP contribution in [0.2, 0.25) is 5.32 Å². The standard InChI is InChI=1S/C2H3Cl.4CO.Fe/c1-2-3;4*1-2;/h2H,1H2;;;;;. The van der Waals surface area contributed by atoms with Gasteiger partial charge in [0.1, 0.15) is 0 Å². The summed E-state index contributed by atoms with van der Waals surface area (Å²) in [4.78, 5) is 30.0. The molecule has 0 saturated carbocycles. The van der Waals surface area contributed by atoms with E-state index < -0.39 is 0 Å². The SMILES string of the molecule is Cl[CH]1[CH2][Fe]1.[C]=O.[C]=O.[C]=O.[C]=O. The minimum absolute atomic E-state index is 0.556. The molecule has 12 heavy (non-hydrogen) atoms. The monoisotopic (exact) mass is 230 g/mol. The summed E-state index contributed by atoms with van der Waals surface area (Å²) in [6, 6.07) is 0. The van der Waals surface area contributed by atoms with Gasteiger partial charge in [-0.05, 0) is 0 Å². The zero-order valence-corrected chi connectivity index (χ0v) is 7.51. The molecule has 0 aromatic rings. The predicted octanol–water partition coefficient (Wildman–Crippen LogP) is -0.523. The first kappa shape index (κ1) is 22.5. The van der Waals surface area contributed by atoms with Crippen molar-refractivity contribution in [2.24, 2.45) is 0 Å². The van der Waals surface area contributed by atoms with Crippen LogP contribution >= 0.6 is 11.6 Å². The molecule has 1 heterocycles. The minimum Gasteiger partial charge on any atom is -0.281 e. The first-order chi connectivity index (χ1) is 5.89. The Labute approximate surface area is 82.8 Å². The summed E-state index contributed by atoms with van der Waals surface area (Å²) in [6.45, 7) is 18.0. The van der Waals surface area contributed by atoms with E-state index in [0.717, 1.165) is 0 Å². The van der Waals surface area contributed by atoms with Gasteiger partial charge in [0.2, 0.25) is 0 Å². The van der Waals surface area contributed by atoms with Gasteiger partial charge in [-0.2, -0.15) is 0 Å². The summed E-state index contributed by atoms with van der Waals surface area (Å²) >= 11 is 6.64. The third-order valence-electron chi connectivity index (χ3n) is 0.253. The average molecular weight is 230 g/mol. The van der Waals surface area contributed by atoms with Crippen LogP contribution in [0.1, 0.15) is 0 Å². The van der Waals surface area contributed by atoms with Crippen LogP contribution in [0.5, 0.6) is 0 Å². The Morgan fingerprint density at radius 3 is 1.00 bits per heavy atom. The maximum Gasteiger partial charge on any atom is 0.281 e. The van der Waals surface area contributed by atoms with Crippen LogP contribution in [-0.2, 0) is 34.1 Å². The summed E-state index contributed by atoms with van der Waals surface area (Å²) in [5.41, 5.74) is 0. The van der Waals surface area contributed by atoms with Crippen LogP contribution in [-0.4, -0.2) is 31.4 Å². The van der Waals surface area contributed by atoms with Gasteiger partial charge in [0.15, 0.2) is 0 Å². The van der Waals surface area contributed by atoms with Crippen molar-refractivity contribution in [1.29, 1.82) is 0 Å². The Morgan fingerprint density at radius 1 is 0.917 bits per heavy atom. The summed E-state index contributed by atoms with van der Waals surface area (Å²) in [5, 5.41) is 1.25. The van der Waals surface area contributed by atoms with Gasteiger partial charge in [0.25, 0.3) is 27.2 Å². The largest absolute Gasteiger partial charge is 0.281 e. The maximum absolute atomic E-state index is 7.50. The van der Waals surface area contributed by atoms with E-state index in [2.05, 4.69) is 27.2 Å². The fourth-order valence-electron chi connectivity index (χ4n) is 0.0315. The van der Waals surface area contributed by atoms with Crippen LogP contribution in [0.3, 0.4) is 0 Å². The van der Waals surface area contributed by atoms with Crippen LogP contribution in [0.4, 0.5) is 0 Å². The number of hydrogen-bond acceptors (Lipinski definition) is 4. The molecule has 8 radical (unpaired) electrons. The molecule has 1 aliphatic heterocycles. The van der Waals surface area contributed by atoms with Crippen LogP contribution < -0.4 is 0 Å². The van der Waals surface area contributed by atoms with E-state index in [1.165, 1.54) is 20.3 Å². The zero-order valence-electron chi connectivity index (χ0n) is 5.65. The van der Waals surface area contributed by atoms with Gasteiger partial charge in [-0.3, -0.25) is 19.2 Å². The van der Waals surface area contributed by atoms with Gasteiger partial charge in [-0.1, -0.05) is 0 Å². The van der Waals surface area contributed by atoms with Crippen LogP contribution in [0, 0.1) is 0 Å². The molecule has 6 heteroatoms. The summed E-state index contributed by atoms with van der Waals surface area (Å²) in [6.07, 6.45) is 0. The molecule has 0 N–H and O–H groups in total. The number of halogens is 1. The predicted molar refractivity (Wildman–Crippen MR) is 37.2 cm³/mol. The van der Waals surface area contributed by atoms with Crippen molar-refractivity contribution < 1.29 is 34.1 Å². The van der Waals surface area contributed by atoms with E-state index in [9.17, 15) is 0 Å². The molecule has 0 aromatic heterocycles. The van der Waals surface area contributed by atoms with Gasteiger partial charge >= 0.3 is 36.2 Å². The van der Waals surface area contributed by atoms with Crippen molar-refractivity contribution in [2.75, 3.05) is 0 Å². The number of hydrogen-bond donors (Lipinski definition) is 0. The fourth-order valence-corrected chi connectivity index (χ4v) is 0.390. The Balaban J connectivity index is -0.0000000360. The van der Waals surface area contributed by atoms with Gasteiger partial charge in [0.05, 0.1) is 0 Å². The summed E-state index contributed by atoms with van der Waals surface area (Å²) in [5.74, 6) is 0. The molecule has 66 valence electrons. The molecular formula is C6H3ClFeO4. The van der Waals surface area contributed by atoms with Crippen molar-refractivity contribution >= 4 is 38.8 Å². The Hall–Kier alpha value is -0.511. The van der Waals surface area contributed by atoms with Gasteiger partial charge in [-0.15, -0.1) is 0 Å². The second-order valence-electron chi connectivity index (χ2n) is 0.664. The van der Waals surface area contributed by atoms with Crippen molar-refractivity contribution in [3.8, 4) is 0 Å². The molecule has 1 fully saturated rings. The average Bonchev–Trinajstić information content (AvgIpc) is 3.01. The maximum atomic E-state index is 7.50. The molecule has 1 aliphatic rings. The van der Waals surface area contributed by atoms with E-state index in [-0.39, 0.29) is 0 Å². The van der Waals surface area contributed by atoms with Gasteiger partial charge in [0, 0.05) is 0 Å². The third kappa shape index (κ3) is 110. The number of carbonyl (C=O) groups excluding carboxylic acids is 4. The van der Waals surface area contributed by atoms with E-state index in [0.29, 0.717) is 4.28 Å². The molecule has 1 atom stereocenters. The molecular weight excluding hydrogens is 227 g/mol. The number of alkyl halides is 1. The first-order valence-electron chi connectivity index (χ1n) is 1.90. The van der Waals surface area contributed by atoms with E-state index in [4.69, 9.17) is 30.8 Å². The molecule has 4 nitrogen and oxygen atoms in total. The smallest absolute Gasteiger partial charge is 0.281 e. The van der Waals surface area contributed by atoms with Crippen molar-refractivity contribution in [3.05, 3.63) is 0 Å². The second-order valence-corrected chi connectivity index (χ2v) is 3.20. The quantitative estimate of drug-likeness (QED) is 0.415. The first-order valence-corrected chi connectivity index (χ1v) is 3.75. The summed E-state index contributed by atoms with van der Waals surface area (Å²) < 4.78 is 0.556. The Bertz CT molecular complexity index is 64.6. The topological polar surface area (TPSA) is 68.3 Å². The third-order valence-corrected chi connectivity index (χ3v) is 1.94. The fraction of sp³-hybridized carbons (Fsp3) is 0.333. The van der Waals surface area contributed by atoms with Crippen LogP contribution in [0.25, 0.3) is 0 Å². The minimum atomic E-state index is 0.556. The van der Waals surface area contributed by atoms with E-state index in [1.54, 1.807) is 0 Å². The molecule has 1 rings (SSSR count). The second kappa shape index (κ2) is 46.9. The van der Waals surface area contributed by atoms with E-state index in [1.807, 2.05) is 0 Å². The van der Waals surface area contributed by atoms with E-state index >= 15 is 0 Å². The zero-order chi connectivity index (χ0) is 11.0. The molecule has 0 aliphatic carbocycles. The Morgan fingerprint density at radius 2 is 1.00 bits per heavy atom. The van der Waals surface area contributed by atoms with Gasteiger partial charge in [-0.25, -0.2) is 0 Å². The Kier molecular flexibility index (Phi) is 88.0. The van der Waals surface area contributed by atoms with Crippen molar-refractivity contribution in [1.82, 2.24) is 0 Å². The summed E-state index contributed by atoms with van der Waals surface area (Å²) in [7, 11) is 0. The van der Waals surface area contributed by atoms with Crippen LogP contribution in [0.15, 0.2) is 0 Å².